The zero-order valence-electron chi connectivity index (χ0n) is 8.18. The standard InChI is InChI=1S/C9H11F2N3O/c1-2-12-8(15)5-14-9-7(11)3-6(10)4-13-9/h3-4H,2,5H2,1H3,(H,12,15)(H,13,14). The average molecular weight is 215 g/mol. The monoisotopic (exact) mass is 215 g/mol. The molecule has 1 amide bonds. The van der Waals surface area contributed by atoms with Crippen LogP contribution in [-0.2, 0) is 4.79 Å². The lowest BCUT2D eigenvalue weighted by molar-refractivity contribution is -0.119. The molecule has 0 aromatic carbocycles. The number of hydrogen-bond donors (Lipinski definition) is 2. The van der Waals surface area contributed by atoms with Crippen LogP contribution >= 0.6 is 0 Å². The van der Waals surface area contributed by atoms with E-state index in [1.165, 1.54) is 0 Å². The maximum absolute atomic E-state index is 13.0. The molecule has 1 rings (SSSR count). The molecule has 2 N–H and O–H groups in total. The van der Waals surface area contributed by atoms with Crippen LogP contribution in [0.3, 0.4) is 0 Å². The van der Waals surface area contributed by atoms with Crippen LogP contribution in [0.25, 0.3) is 0 Å². The van der Waals surface area contributed by atoms with Crippen LogP contribution in [0.2, 0.25) is 0 Å². The lowest BCUT2D eigenvalue weighted by Crippen LogP contribution is -2.29. The van der Waals surface area contributed by atoms with E-state index >= 15 is 0 Å². The van der Waals surface area contributed by atoms with E-state index < -0.39 is 11.6 Å². The van der Waals surface area contributed by atoms with Crippen molar-refractivity contribution < 1.29 is 13.6 Å². The number of halogens is 2. The van der Waals surface area contributed by atoms with Gasteiger partial charge in [-0.25, -0.2) is 13.8 Å². The predicted octanol–water partition coefficient (Wildman–Crippen LogP) is 0.908. The van der Waals surface area contributed by atoms with Crippen LogP contribution in [-0.4, -0.2) is 24.0 Å². The number of nitrogens with one attached hydrogen (secondary N) is 2. The summed E-state index contributed by atoms with van der Waals surface area (Å²) in [4.78, 5) is 14.5. The van der Waals surface area contributed by atoms with Gasteiger partial charge >= 0.3 is 0 Å². The molecule has 0 aliphatic rings. The first-order valence-electron chi connectivity index (χ1n) is 4.45. The van der Waals surface area contributed by atoms with E-state index in [0.29, 0.717) is 12.6 Å². The molecule has 0 fully saturated rings. The normalized spacial score (nSPS) is 9.80. The van der Waals surface area contributed by atoms with Gasteiger partial charge in [-0.2, -0.15) is 0 Å². The number of likely N-dealkylation sites (N-methyl/N-ethyl adjacent to an activating group) is 1. The molecular formula is C9H11F2N3O. The molecule has 0 saturated carbocycles. The van der Waals surface area contributed by atoms with Crippen molar-refractivity contribution in [2.75, 3.05) is 18.4 Å². The third kappa shape index (κ3) is 3.49. The molecule has 6 heteroatoms. The van der Waals surface area contributed by atoms with E-state index in [1.807, 2.05) is 0 Å². The first-order valence-corrected chi connectivity index (χ1v) is 4.45. The van der Waals surface area contributed by atoms with Crippen molar-refractivity contribution in [2.45, 2.75) is 6.92 Å². The van der Waals surface area contributed by atoms with E-state index in [-0.39, 0.29) is 18.3 Å². The molecule has 0 saturated heterocycles. The van der Waals surface area contributed by atoms with Crippen molar-refractivity contribution in [1.82, 2.24) is 10.3 Å². The molecule has 4 nitrogen and oxygen atoms in total. The smallest absolute Gasteiger partial charge is 0.239 e. The third-order valence-electron chi connectivity index (χ3n) is 1.60. The summed E-state index contributed by atoms with van der Waals surface area (Å²) >= 11 is 0. The molecular weight excluding hydrogens is 204 g/mol. The second kappa shape index (κ2) is 5.23. The average Bonchev–Trinajstić information content (AvgIpc) is 2.17. The molecule has 1 aromatic heterocycles. The first-order chi connectivity index (χ1) is 7.13. The van der Waals surface area contributed by atoms with E-state index in [0.717, 1.165) is 6.20 Å². The van der Waals surface area contributed by atoms with Crippen molar-refractivity contribution >= 4 is 11.7 Å². The summed E-state index contributed by atoms with van der Waals surface area (Å²) in [6.07, 6.45) is 0.878. The predicted molar refractivity (Wildman–Crippen MR) is 51.3 cm³/mol. The van der Waals surface area contributed by atoms with Crippen LogP contribution in [0.1, 0.15) is 6.92 Å². The molecule has 15 heavy (non-hydrogen) atoms. The second-order valence-corrected chi connectivity index (χ2v) is 2.79. The minimum Gasteiger partial charge on any atom is -0.359 e. The van der Waals surface area contributed by atoms with Crippen molar-refractivity contribution in [3.8, 4) is 0 Å². The van der Waals surface area contributed by atoms with Gasteiger partial charge in [0.1, 0.15) is 5.82 Å². The zero-order valence-corrected chi connectivity index (χ0v) is 8.18. The Labute approximate surface area is 85.7 Å². The number of rotatable bonds is 4. The Morgan fingerprint density at radius 3 is 2.87 bits per heavy atom. The van der Waals surface area contributed by atoms with Gasteiger partial charge in [0.2, 0.25) is 5.91 Å². The second-order valence-electron chi connectivity index (χ2n) is 2.79. The van der Waals surface area contributed by atoms with Crippen molar-refractivity contribution in [3.63, 3.8) is 0 Å². The first kappa shape index (κ1) is 11.4. The highest BCUT2D eigenvalue weighted by Gasteiger charge is 2.06. The number of carbonyl (C=O) groups excluding carboxylic acids is 1. The maximum atomic E-state index is 13.0. The van der Waals surface area contributed by atoms with Crippen LogP contribution < -0.4 is 10.6 Å². The Bertz CT molecular complexity index is 357. The number of anilines is 1. The van der Waals surface area contributed by atoms with Crippen molar-refractivity contribution in [2.24, 2.45) is 0 Å². The minimum atomic E-state index is -0.820. The van der Waals surface area contributed by atoms with Gasteiger partial charge < -0.3 is 10.6 Å². The van der Waals surface area contributed by atoms with Gasteiger partial charge in [0.05, 0.1) is 12.7 Å². The molecule has 0 radical (unpaired) electrons. The molecule has 0 unspecified atom stereocenters. The summed E-state index contributed by atoms with van der Waals surface area (Å²) in [5, 5.41) is 4.98. The summed E-state index contributed by atoms with van der Waals surface area (Å²) in [5.74, 6) is -1.99. The van der Waals surface area contributed by atoms with E-state index in [4.69, 9.17) is 0 Å². The molecule has 0 bridgehead atoms. The molecule has 0 atom stereocenters. The highest BCUT2D eigenvalue weighted by Crippen LogP contribution is 2.10. The van der Waals surface area contributed by atoms with E-state index in [9.17, 15) is 13.6 Å². The highest BCUT2D eigenvalue weighted by molar-refractivity contribution is 5.80. The summed E-state index contributed by atoms with van der Waals surface area (Å²) in [5.41, 5.74) is 0. The van der Waals surface area contributed by atoms with Crippen LogP contribution in [0.4, 0.5) is 14.6 Å². The summed E-state index contributed by atoms with van der Waals surface area (Å²) in [6, 6.07) is 0.701. The Morgan fingerprint density at radius 2 is 2.27 bits per heavy atom. The summed E-state index contributed by atoms with van der Waals surface area (Å²) < 4.78 is 25.4. The maximum Gasteiger partial charge on any atom is 0.239 e. The van der Waals surface area contributed by atoms with Gasteiger partial charge in [0.25, 0.3) is 0 Å². The number of aromatic nitrogens is 1. The fourth-order valence-electron chi connectivity index (χ4n) is 0.968. The SMILES string of the molecule is CCNC(=O)CNc1ncc(F)cc1F. The molecule has 0 aliphatic carbocycles. The Morgan fingerprint density at radius 1 is 1.53 bits per heavy atom. The summed E-state index contributed by atoms with van der Waals surface area (Å²) in [7, 11) is 0. The van der Waals surface area contributed by atoms with Gasteiger partial charge in [0.15, 0.2) is 11.6 Å². The Kier molecular flexibility index (Phi) is 3.96. The van der Waals surface area contributed by atoms with Crippen molar-refractivity contribution in [3.05, 3.63) is 23.9 Å². The molecule has 1 aromatic rings. The largest absolute Gasteiger partial charge is 0.359 e. The summed E-state index contributed by atoms with van der Waals surface area (Å²) in [6.45, 7) is 2.18. The zero-order chi connectivity index (χ0) is 11.3. The topological polar surface area (TPSA) is 54.0 Å². The lowest BCUT2D eigenvalue weighted by atomic mass is 10.4. The number of nitrogens with zero attached hydrogens (tertiary/aromatic N) is 1. The fraction of sp³-hybridized carbons (Fsp3) is 0.333. The van der Waals surface area contributed by atoms with Crippen LogP contribution in [0, 0.1) is 11.6 Å². The molecule has 0 aliphatic heterocycles. The highest BCUT2D eigenvalue weighted by atomic mass is 19.1. The number of pyridine rings is 1. The van der Waals surface area contributed by atoms with E-state index in [1.54, 1.807) is 6.92 Å². The van der Waals surface area contributed by atoms with Gasteiger partial charge in [0, 0.05) is 12.6 Å². The number of amides is 1. The minimum absolute atomic E-state index is 0.0939. The van der Waals surface area contributed by atoms with Gasteiger partial charge in [-0.1, -0.05) is 0 Å². The fourth-order valence-corrected chi connectivity index (χ4v) is 0.968. The Hall–Kier alpha value is -1.72. The van der Waals surface area contributed by atoms with Gasteiger partial charge in [-0.3, -0.25) is 4.79 Å². The van der Waals surface area contributed by atoms with Crippen LogP contribution in [0.15, 0.2) is 12.3 Å². The lowest BCUT2D eigenvalue weighted by Gasteiger charge is -2.05. The Balaban J connectivity index is 2.54. The van der Waals surface area contributed by atoms with Crippen molar-refractivity contribution in [1.29, 1.82) is 0 Å². The van der Waals surface area contributed by atoms with Gasteiger partial charge in [-0.15, -0.1) is 0 Å². The molecule has 82 valence electrons. The molecule has 0 spiro atoms. The quantitative estimate of drug-likeness (QED) is 0.784. The third-order valence-corrected chi connectivity index (χ3v) is 1.60. The van der Waals surface area contributed by atoms with E-state index in [2.05, 4.69) is 15.6 Å². The number of hydrogen-bond acceptors (Lipinski definition) is 3. The van der Waals surface area contributed by atoms with Gasteiger partial charge in [-0.05, 0) is 6.92 Å². The number of carbonyl (C=O) groups is 1. The molecule has 1 heterocycles. The van der Waals surface area contributed by atoms with Crippen LogP contribution in [0.5, 0.6) is 0 Å².